The Balaban J connectivity index is 2.55. The summed E-state index contributed by atoms with van der Waals surface area (Å²) in [6, 6.07) is 4.65. The van der Waals surface area contributed by atoms with Gasteiger partial charge in [0, 0.05) is 5.56 Å². The third-order valence-electron chi connectivity index (χ3n) is 2.21. The second-order valence-corrected chi connectivity index (χ2v) is 4.22. The minimum absolute atomic E-state index is 0.0750. The highest BCUT2D eigenvalue weighted by Gasteiger charge is 2.30. The Morgan fingerprint density at radius 2 is 1.83 bits per heavy atom. The minimum atomic E-state index is -4.42. The van der Waals surface area contributed by atoms with Crippen LogP contribution in [0.5, 0.6) is 0 Å². The number of halogens is 5. The smallest absolute Gasteiger partial charge is 0.166 e. The monoisotopic (exact) mass is 292 g/mol. The van der Waals surface area contributed by atoms with E-state index in [2.05, 4.69) is 10.2 Å². The number of benzene rings is 1. The van der Waals surface area contributed by atoms with E-state index in [1.165, 1.54) is 18.3 Å². The molecule has 1 aromatic heterocycles. The largest absolute Gasteiger partial charge is 0.416 e. The van der Waals surface area contributed by atoms with Gasteiger partial charge in [0.2, 0.25) is 0 Å². The minimum Gasteiger partial charge on any atom is -0.166 e. The van der Waals surface area contributed by atoms with Crippen molar-refractivity contribution in [3.63, 3.8) is 0 Å². The van der Waals surface area contributed by atoms with Crippen LogP contribution in [0.4, 0.5) is 13.2 Å². The summed E-state index contributed by atoms with van der Waals surface area (Å²) in [6.45, 7) is 0. The van der Waals surface area contributed by atoms with Crippen molar-refractivity contribution in [2.75, 3.05) is 0 Å². The Morgan fingerprint density at radius 3 is 2.50 bits per heavy atom. The highest BCUT2D eigenvalue weighted by Crippen LogP contribution is 2.35. The molecular weight excluding hydrogens is 288 g/mol. The van der Waals surface area contributed by atoms with Gasteiger partial charge in [-0.2, -0.15) is 18.3 Å². The van der Waals surface area contributed by atoms with Crippen molar-refractivity contribution in [3.05, 3.63) is 46.1 Å². The van der Waals surface area contributed by atoms with Gasteiger partial charge in [-0.25, -0.2) is 0 Å². The van der Waals surface area contributed by atoms with Crippen LogP contribution in [0.15, 0.2) is 30.5 Å². The van der Waals surface area contributed by atoms with E-state index >= 15 is 0 Å². The van der Waals surface area contributed by atoms with Gasteiger partial charge in [0.1, 0.15) is 5.69 Å². The van der Waals surface area contributed by atoms with Crippen LogP contribution in [0.1, 0.15) is 5.56 Å². The van der Waals surface area contributed by atoms with Gasteiger partial charge in [0.25, 0.3) is 0 Å². The maximum atomic E-state index is 12.6. The SMILES string of the molecule is FC(F)(F)c1cccc(-c2nncc(Cl)c2Cl)c1. The number of hydrogen-bond acceptors (Lipinski definition) is 2. The zero-order valence-corrected chi connectivity index (χ0v) is 10.2. The molecule has 0 N–H and O–H groups in total. The summed E-state index contributed by atoms with van der Waals surface area (Å²) in [5.74, 6) is 0. The van der Waals surface area contributed by atoms with Gasteiger partial charge in [0.15, 0.2) is 0 Å². The van der Waals surface area contributed by atoms with Crippen molar-refractivity contribution in [3.8, 4) is 11.3 Å². The van der Waals surface area contributed by atoms with Gasteiger partial charge in [0.05, 0.1) is 21.8 Å². The predicted octanol–water partition coefficient (Wildman–Crippen LogP) is 4.47. The Bertz CT molecular complexity index is 585. The lowest BCUT2D eigenvalue weighted by molar-refractivity contribution is -0.137. The van der Waals surface area contributed by atoms with Crippen LogP contribution < -0.4 is 0 Å². The van der Waals surface area contributed by atoms with E-state index < -0.39 is 11.7 Å². The second kappa shape index (κ2) is 4.74. The van der Waals surface area contributed by atoms with Crippen molar-refractivity contribution >= 4 is 23.2 Å². The summed E-state index contributed by atoms with van der Waals surface area (Å²) in [4.78, 5) is 0. The Hall–Kier alpha value is -1.33. The van der Waals surface area contributed by atoms with Gasteiger partial charge >= 0.3 is 6.18 Å². The van der Waals surface area contributed by atoms with Crippen molar-refractivity contribution in [1.82, 2.24) is 10.2 Å². The molecule has 0 aliphatic rings. The maximum Gasteiger partial charge on any atom is 0.416 e. The number of nitrogens with zero attached hydrogens (tertiary/aromatic N) is 2. The van der Waals surface area contributed by atoms with Gasteiger partial charge in [-0.05, 0) is 12.1 Å². The van der Waals surface area contributed by atoms with Crippen LogP contribution >= 0.6 is 23.2 Å². The van der Waals surface area contributed by atoms with Crippen LogP contribution in [0.2, 0.25) is 10.0 Å². The number of aromatic nitrogens is 2. The van der Waals surface area contributed by atoms with Gasteiger partial charge in [-0.15, -0.1) is 5.10 Å². The first-order valence-corrected chi connectivity index (χ1v) is 5.49. The fourth-order valence-electron chi connectivity index (χ4n) is 1.38. The molecule has 18 heavy (non-hydrogen) atoms. The fraction of sp³-hybridized carbons (Fsp3) is 0.0909. The molecular formula is C11H5Cl2F3N2. The van der Waals surface area contributed by atoms with E-state index in [1.807, 2.05) is 0 Å². The average Bonchev–Trinajstić information content (AvgIpc) is 2.32. The van der Waals surface area contributed by atoms with Crippen LogP contribution in [0, 0.1) is 0 Å². The Kier molecular flexibility index (Phi) is 3.45. The molecule has 0 aliphatic heterocycles. The lowest BCUT2D eigenvalue weighted by Gasteiger charge is -2.09. The van der Waals surface area contributed by atoms with Crippen molar-refractivity contribution in [1.29, 1.82) is 0 Å². The first kappa shape index (κ1) is 13.1. The van der Waals surface area contributed by atoms with Crippen molar-refractivity contribution in [2.24, 2.45) is 0 Å². The Morgan fingerprint density at radius 1 is 1.11 bits per heavy atom. The van der Waals surface area contributed by atoms with Crippen molar-refractivity contribution < 1.29 is 13.2 Å². The lowest BCUT2D eigenvalue weighted by atomic mass is 10.1. The van der Waals surface area contributed by atoms with Gasteiger partial charge in [-0.1, -0.05) is 35.3 Å². The molecule has 2 rings (SSSR count). The molecule has 0 saturated carbocycles. The Labute approximate surface area is 110 Å². The molecule has 0 saturated heterocycles. The highest BCUT2D eigenvalue weighted by molar-refractivity contribution is 6.43. The summed E-state index contributed by atoms with van der Waals surface area (Å²) in [7, 11) is 0. The molecule has 0 fully saturated rings. The molecule has 0 atom stereocenters. The second-order valence-electron chi connectivity index (χ2n) is 3.43. The molecule has 7 heteroatoms. The quantitative estimate of drug-likeness (QED) is 0.775. The summed E-state index contributed by atoms with van der Waals surface area (Å²) in [6.07, 6.45) is -3.20. The fourth-order valence-corrected chi connectivity index (χ4v) is 1.71. The number of rotatable bonds is 1. The van der Waals surface area contributed by atoms with Crippen LogP contribution in [0.3, 0.4) is 0 Å². The maximum absolute atomic E-state index is 12.6. The molecule has 1 heterocycles. The summed E-state index contributed by atoms with van der Waals surface area (Å²) < 4.78 is 37.7. The molecule has 94 valence electrons. The third kappa shape index (κ3) is 2.57. The molecule has 0 amide bonds. The molecule has 1 aromatic carbocycles. The summed E-state index contributed by atoms with van der Waals surface area (Å²) >= 11 is 11.6. The molecule has 0 radical (unpaired) electrons. The van der Waals surface area contributed by atoms with E-state index in [1.54, 1.807) is 0 Å². The van der Waals surface area contributed by atoms with E-state index in [9.17, 15) is 13.2 Å². The zero-order chi connectivity index (χ0) is 13.3. The van der Waals surface area contributed by atoms with E-state index in [-0.39, 0.29) is 21.3 Å². The number of hydrogen-bond donors (Lipinski definition) is 0. The predicted molar refractivity (Wildman–Crippen MR) is 62.5 cm³/mol. The first-order valence-electron chi connectivity index (χ1n) is 4.74. The standard InChI is InChI=1S/C11H5Cl2F3N2/c12-8-5-17-18-10(9(8)13)6-2-1-3-7(4-6)11(14,15)16/h1-5H. The lowest BCUT2D eigenvalue weighted by Crippen LogP contribution is -2.04. The zero-order valence-electron chi connectivity index (χ0n) is 8.67. The van der Waals surface area contributed by atoms with E-state index in [0.717, 1.165) is 12.1 Å². The molecule has 2 nitrogen and oxygen atoms in total. The molecule has 0 spiro atoms. The van der Waals surface area contributed by atoms with Crippen molar-refractivity contribution in [2.45, 2.75) is 6.18 Å². The molecule has 0 bridgehead atoms. The highest BCUT2D eigenvalue weighted by atomic mass is 35.5. The number of alkyl halides is 3. The van der Waals surface area contributed by atoms with Crippen LogP contribution in [-0.4, -0.2) is 10.2 Å². The van der Waals surface area contributed by atoms with E-state index in [4.69, 9.17) is 23.2 Å². The summed E-state index contributed by atoms with van der Waals surface area (Å²) in [5, 5.41) is 7.48. The van der Waals surface area contributed by atoms with Crippen LogP contribution in [-0.2, 0) is 6.18 Å². The van der Waals surface area contributed by atoms with Gasteiger partial charge in [-0.3, -0.25) is 0 Å². The first-order chi connectivity index (χ1) is 8.39. The normalized spacial score (nSPS) is 11.6. The van der Waals surface area contributed by atoms with E-state index in [0.29, 0.717) is 0 Å². The molecule has 2 aromatic rings. The average molecular weight is 293 g/mol. The topological polar surface area (TPSA) is 25.8 Å². The summed E-state index contributed by atoms with van der Waals surface area (Å²) in [5.41, 5.74) is -0.446. The third-order valence-corrected chi connectivity index (χ3v) is 2.98. The molecule has 0 unspecified atom stereocenters. The van der Waals surface area contributed by atoms with Gasteiger partial charge < -0.3 is 0 Å². The van der Waals surface area contributed by atoms with Crippen LogP contribution in [0.25, 0.3) is 11.3 Å². The molecule has 0 aliphatic carbocycles.